The fraction of sp³-hybridized carbons (Fsp3) is 0.350. The molecule has 1 amide bonds. The van der Waals surface area contributed by atoms with Crippen LogP contribution in [0.2, 0.25) is 0 Å². The SMILES string of the molecule is CC1CCCN(C(=O)c2cc(O)cc(-c3ccc4c(c3)OCO4)c2)C1. The predicted octanol–water partition coefficient (Wildman–Crippen LogP) is 3.66. The van der Waals surface area contributed by atoms with Gasteiger partial charge in [0.1, 0.15) is 5.75 Å². The lowest BCUT2D eigenvalue weighted by Crippen LogP contribution is -2.39. The summed E-state index contributed by atoms with van der Waals surface area (Å²) in [6.45, 7) is 3.93. The molecule has 0 saturated carbocycles. The first-order valence-corrected chi connectivity index (χ1v) is 8.63. The van der Waals surface area contributed by atoms with Crippen molar-refractivity contribution in [1.82, 2.24) is 4.90 Å². The molecule has 2 aromatic rings. The molecule has 25 heavy (non-hydrogen) atoms. The zero-order valence-corrected chi connectivity index (χ0v) is 14.2. The number of benzene rings is 2. The van der Waals surface area contributed by atoms with E-state index >= 15 is 0 Å². The Balaban J connectivity index is 1.65. The van der Waals surface area contributed by atoms with E-state index in [9.17, 15) is 9.90 Å². The number of piperidine rings is 1. The number of nitrogens with zero attached hydrogens (tertiary/aromatic N) is 1. The molecule has 0 aliphatic carbocycles. The second kappa shape index (κ2) is 6.31. The van der Waals surface area contributed by atoms with Gasteiger partial charge in [0.05, 0.1) is 0 Å². The van der Waals surface area contributed by atoms with Crippen LogP contribution in [0.25, 0.3) is 11.1 Å². The van der Waals surface area contributed by atoms with Crippen LogP contribution < -0.4 is 9.47 Å². The van der Waals surface area contributed by atoms with Crippen molar-refractivity contribution in [2.75, 3.05) is 19.9 Å². The Labute approximate surface area is 146 Å². The number of likely N-dealkylation sites (tertiary alicyclic amines) is 1. The van der Waals surface area contributed by atoms with E-state index in [0.29, 0.717) is 23.0 Å². The quantitative estimate of drug-likeness (QED) is 0.907. The van der Waals surface area contributed by atoms with Gasteiger partial charge in [-0.25, -0.2) is 0 Å². The second-order valence-electron chi connectivity index (χ2n) is 6.84. The fourth-order valence-corrected chi connectivity index (χ4v) is 3.53. The van der Waals surface area contributed by atoms with Gasteiger partial charge >= 0.3 is 0 Å². The molecule has 2 aliphatic rings. The molecule has 0 radical (unpaired) electrons. The number of carbonyl (C=O) groups excluding carboxylic acids is 1. The molecule has 2 heterocycles. The van der Waals surface area contributed by atoms with Crippen molar-refractivity contribution < 1.29 is 19.4 Å². The Kier molecular flexibility index (Phi) is 3.99. The molecule has 0 bridgehead atoms. The molecular weight excluding hydrogens is 318 g/mol. The van der Waals surface area contributed by atoms with Crippen molar-refractivity contribution in [3.63, 3.8) is 0 Å². The van der Waals surface area contributed by atoms with Crippen molar-refractivity contribution >= 4 is 5.91 Å². The molecular formula is C20H21NO4. The van der Waals surface area contributed by atoms with Gasteiger partial charge in [-0.1, -0.05) is 13.0 Å². The van der Waals surface area contributed by atoms with Gasteiger partial charge in [-0.15, -0.1) is 0 Å². The molecule has 1 unspecified atom stereocenters. The van der Waals surface area contributed by atoms with E-state index < -0.39 is 0 Å². The van der Waals surface area contributed by atoms with Crippen molar-refractivity contribution in [2.45, 2.75) is 19.8 Å². The maximum atomic E-state index is 12.8. The number of ether oxygens (including phenoxy) is 2. The predicted molar refractivity (Wildman–Crippen MR) is 94.0 cm³/mol. The van der Waals surface area contributed by atoms with E-state index in [1.165, 1.54) is 6.07 Å². The summed E-state index contributed by atoms with van der Waals surface area (Å²) in [4.78, 5) is 14.7. The summed E-state index contributed by atoms with van der Waals surface area (Å²) in [5.41, 5.74) is 2.18. The Morgan fingerprint density at radius 2 is 1.96 bits per heavy atom. The highest BCUT2D eigenvalue weighted by Gasteiger charge is 2.23. The second-order valence-corrected chi connectivity index (χ2v) is 6.84. The molecule has 5 nitrogen and oxygen atoms in total. The third kappa shape index (κ3) is 3.14. The maximum Gasteiger partial charge on any atom is 0.254 e. The standard InChI is InChI=1S/C20H21NO4/c1-13-3-2-6-21(11-13)20(23)16-7-15(8-17(22)9-16)14-4-5-18-19(10-14)25-12-24-18/h4-5,7-10,13,22H,2-3,6,11-12H2,1H3. The van der Waals surface area contributed by atoms with Crippen LogP contribution in [-0.2, 0) is 0 Å². The molecule has 4 rings (SSSR count). The molecule has 1 atom stereocenters. The summed E-state index contributed by atoms with van der Waals surface area (Å²) in [7, 11) is 0. The van der Waals surface area contributed by atoms with E-state index in [0.717, 1.165) is 37.1 Å². The highest BCUT2D eigenvalue weighted by molar-refractivity contribution is 5.96. The Bertz CT molecular complexity index is 817. The normalized spacial score (nSPS) is 19.1. The number of hydrogen-bond donors (Lipinski definition) is 1. The lowest BCUT2D eigenvalue weighted by atomic mass is 9.98. The number of phenolic OH excluding ortho intramolecular Hbond substituents is 1. The number of fused-ring (bicyclic) bond motifs is 1. The molecule has 1 N–H and O–H groups in total. The van der Waals surface area contributed by atoms with E-state index in [1.54, 1.807) is 6.07 Å². The summed E-state index contributed by atoms with van der Waals surface area (Å²) in [5, 5.41) is 10.1. The number of carbonyl (C=O) groups is 1. The number of aromatic hydroxyl groups is 1. The van der Waals surface area contributed by atoms with Crippen LogP contribution >= 0.6 is 0 Å². The van der Waals surface area contributed by atoms with Gasteiger partial charge < -0.3 is 19.5 Å². The third-order valence-electron chi connectivity index (χ3n) is 4.81. The highest BCUT2D eigenvalue weighted by atomic mass is 16.7. The minimum Gasteiger partial charge on any atom is -0.508 e. The Morgan fingerprint density at radius 1 is 1.12 bits per heavy atom. The highest BCUT2D eigenvalue weighted by Crippen LogP contribution is 2.37. The molecule has 130 valence electrons. The lowest BCUT2D eigenvalue weighted by Gasteiger charge is -2.31. The van der Waals surface area contributed by atoms with Crippen LogP contribution in [-0.4, -0.2) is 35.8 Å². The van der Waals surface area contributed by atoms with Crippen LogP contribution in [0.15, 0.2) is 36.4 Å². The lowest BCUT2D eigenvalue weighted by molar-refractivity contribution is 0.0682. The Morgan fingerprint density at radius 3 is 2.80 bits per heavy atom. The zero-order chi connectivity index (χ0) is 17.4. The number of phenols is 1. The van der Waals surface area contributed by atoms with Crippen LogP contribution in [0, 0.1) is 5.92 Å². The van der Waals surface area contributed by atoms with Crippen molar-refractivity contribution in [2.24, 2.45) is 5.92 Å². The van der Waals surface area contributed by atoms with Gasteiger partial charge in [-0.05, 0) is 60.2 Å². The first-order valence-electron chi connectivity index (χ1n) is 8.63. The van der Waals surface area contributed by atoms with Gasteiger partial charge in [0, 0.05) is 18.7 Å². The first-order chi connectivity index (χ1) is 12.1. The zero-order valence-electron chi connectivity index (χ0n) is 14.2. The maximum absolute atomic E-state index is 12.8. The Hall–Kier alpha value is -2.69. The van der Waals surface area contributed by atoms with Gasteiger partial charge in [0.15, 0.2) is 11.5 Å². The van der Waals surface area contributed by atoms with Crippen LogP contribution in [0.4, 0.5) is 0 Å². The number of rotatable bonds is 2. The molecule has 0 spiro atoms. The van der Waals surface area contributed by atoms with Crippen LogP contribution in [0.1, 0.15) is 30.1 Å². The largest absolute Gasteiger partial charge is 0.508 e. The number of hydrogen-bond acceptors (Lipinski definition) is 4. The molecule has 1 saturated heterocycles. The van der Waals surface area contributed by atoms with Gasteiger partial charge in [-0.2, -0.15) is 0 Å². The van der Waals surface area contributed by atoms with E-state index in [2.05, 4.69) is 6.92 Å². The third-order valence-corrected chi connectivity index (χ3v) is 4.81. The smallest absolute Gasteiger partial charge is 0.254 e. The van der Waals surface area contributed by atoms with Crippen LogP contribution in [0.5, 0.6) is 17.2 Å². The van der Waals surface area contributed by atoms with Crippen molar-refractivity contribution in [1.29, 1.82) is 0 Å². The minimum absolute atomic E-state index is 0.0237. The van der Waals surface area contributed by atoms with Crippen molar-refractivity contribution in [3.05, 3.63) is 42.0 Å². The van der Waals surface area contributed by atoms with Gasteiger partial charge in [0.25, 0.3) is 5.91 Å². The van der Waals surface area contributed by atoms with E-state index in [-0.39, 0.29) is 18.4 Å². The van der Waals surface area contributed by atoms with Gasteiger partial charge in [-0.3, -0.25) is 4.79 Å². The summed E-state index contributed by atoms with van der Waals surface area (Å²) in [6.07, 6.45) is 2.19. The average Bonchev–Trinajstić information content (AvgIpc) is 3.08. The number of amides is 1. The summed E-state index contributed by atoms with van der Waals surface area (Å²) < 4.78 is 10.7. The minimum atomic E-state index is -0.0237. The average molecular weight is 339 g/mol. The topological polar surface area (TPSA) is 59.0 Å². The first kappa shape index (κ1) is 15.8. The fourth-order valence-electron chi connectivity index (χ4n) is 3.53. The van der Waals surface area contributed by atoms with E-state index in [1.807, 2.05) is 29.2 Å². The summed E-state index contributed by atoms with van der Waals surface area (Å²) >= 11 is 0. The van der Waals surface area contributed by atoms with Crippen LogP contribution in [0.3, 0.4) is 0 Å². The van der Waals surface area contributed by atoms with Crippen molar-refractivity contribution in [3.8, 4) is 28.4 Å². The molecule has 2 aliphatic heterocycles. The summed E-state index contributed by atoms with van der Waals surface area (Å²) in [5.74, 6) is 1.97. The molecule has 2 aromatic carbocycles. The molecule has 0 aromatic heterocycles. The summed E-state index contributed by atoms with van der Waals surface area (Å²) in [6, 6.07) is 10.6. The molecule has 5 heteroatoms. The monoisotopic (exact) mass is 339 g/mol. The van der Waals surface area contributed by atoms with Gasteiger partial charge in [0.2, 0.25) is 6.79 Å². The van der Waals surface area contributed by atoms with E-state index in [4.69, 9.17) is 9.47 Å². The molecule has 1 fully saturated rings.